The summed E-state index contributed by atoms with van der Waals surface area (Å²) in [7, 11) is 0. The first-order valence-corrected chi connectivity index (χ1v) is 8.77. The molecule has 2 aromatic heterocycles. The van der Waals surface area contributed by atoms with Crippen LogP contribution >= 0.6 is 0 Å². The first kappa shape index (κ1) is 16.0. The Bertz CT molecular complexity index is 959. The van der Waals surface area contributed by atoms with Gasteiger partial charge in [0.05, 0.1) is 6.04 Å². The predicted octanol–water partition coefficient (Wildman–Crippen LogP) is 3.26. The van der Waals surface area contributed by atoms with Crippen LogP contribution in [0.3, 0.4) is 0 Å². The van der Waals surface area contributed by atoms with Crippen LogP contribution in [0.5, 0.6) is 0 Å². The second-order valence-corrected chi connectivity index (χ2v) is 6.88. The molecule has 25 heavy (non-hydrogen) atoms. The largest absolute Gasteiger partial charge is 0.338 e. The average molecular weight is 338 g/mol. The molecule has 1 fully saturated rings. The van der Waals surface area contributed by atoms with E-state index in [9.17, 15) is 4.79 Å². The lowest BCUT2D eigenvalue weighted by molar-refractivity contribution is 0.111. The molecule has 1 aromatic carbocycles. The highest BCUT2D eigenvalue weighted by atomic mass is 16.5. The van der Waals surface area contributed by atoms with Crippen molar-refractivity contribution < 1.29 is 4.52 Å². The van der Waals surface area contributed by atoms with Gasteiger partial charge in [-0.15, -0.1) is 0 Å². The fourth-order valence-corrected chi connectivity index (χ4v) is 3.62. The molecule has 1 aliphatic heterocycles. The monoisotopic (exact) mass is 338 g/mol. The van der Waals surface area contributed by atoms with E-state index >= 15 is 0 Å². The normalized spacial score (nSPS) is 18.7. The van der Waals surface area contributed by atoms with Crippen molar-refractivity contribution in [2.75, 3.05) is 6.54 Å². The van der Waals surface area contributed by atoms with Crippen molar-refractivity contribution in [3.63, 3.8) is 0 Å². The minimum absolute atomic E-state index is 0.0256. The molecule has 1 saturated heterocycles. The van der Waals surface area contributed by atoms with Gasteiger partial charge in [-0.2, -0.15) is 4.98 Å². The van der Waals surface area contributed by atoms with E-state index in [1.807, 2.05) is 25.1 Å². The number of hydrogen-bond acceptors (Lipinski definition) is 5. The number of nitrogens with one attached hydrogen (secondary N) is 1. The SMILES string of the molecule is Cc1ccc2[nH]c(=O)c(CN3CCCC[C@@H]3c3nc(C)no3)cc2c1. The standard InChI is InChI=1S/C19H22N4O2/c1-12-6-7-16-14(9-12)10-15(18(24)21-16)11-23-8-4-3-5-17(23)19-20-13(2)22-25-19/h6-7,9-10,17H,3-5,8,11H2,1-2H3,(H,21,24)/t17-/m1/s1. The van der Waals surface area contributed by atoms with E-state index in [1.54, 1.807) is 0 Å². The summed E-state index contributed by atoms with van der Waals surface area (Å²) in [5, 5.41) is 4.99. The van der Waals surface area contributed by atoms with Gasteiger partial charge in [-0.3, -0.25) is 9.69 Å². The van der Waals surface area contributed by atoms with Crippen LogP contribution in [0.25, 0.3) is 10.9 Å². The van der Waals surface area contributed by atoms with Gasteiger partial charge in [0.25, 0.3) is 5.56 Å². The zero-order valence-electron chi connectivity index (χ0n) is 14.6. The zero-order valence-corrected chi connectivity index (χ0v) is 14.6. The molecule has 0 unspecified atom stereocenters. The maximum Gasteiger partial charge on any atom is 0.252 e. The van der Waals surface area contributed by atoms with Gasteiger partial charge in [0, 0.05) is 17.6 Å². The maximum absolute atomic E-state index is 12.5. The van der Waals surface area contributed by atoms with Crippen molar-refractivity contribution in [3.05, 3.63) is 57.5 Å². The van der Waals surface area contributed by atoms with Crippen molar-refractivity contribution in [3.8, 4) is 0 Å². The number of aromatic nitrogens is 3. The number of aromatic amines is 1. The van der Waals surface area contributed by atoms with Crippen molar-refractivity contribution >= 4 is 10.9 Å². The van der Waals surface area contributed by atoms with Crippen LogP contribution in [-0.4, -0.2) is 26.6 Å². The molecular formula is C19H22N4O2. The first-order valence-electron chi connectivity index (χ1n) is 8.77. The second-order valence-electron chi connectivity index (χ2n) is 6.88. The van der Waals surface area contributed by atoms with E-state index < -0.39 is 0 Å². The Morgan fingerprint density at radius 1 is 1.28 bits per heavy atom. The summed E-state index contributed by atoms with van der Waals surface area (Å²) in [5.41, 5.74) is 2.81. The van der Waals surface area contributed by atoms with Crippen molar-refractivity contribution in [2.45, 2.75) is 45.7 Å². The predicted molar refractivity (Wildman–Crippen MR) is 95.3 cm³/mol. The first-order chi connectivity index (χ1) is 12.1. The molecule has 1 N–H and O–H groups in total. The maximum atomic E-state index is 12.5. The van der Waals surface area contributed by atoms with E-state index in [2.05, 4.69) is 33.0 Å². The van der Waals surface area contributed by atoms with Gasteiger partial charge in [-0.1, -0.05) is 23.2 Å². The van der Waals surface area contributed by atoms with Gasteiger partial charge < -0.3 is 9.51 Å². The van der Waals surface area contributed by atoms with E-state index in [0.29, 0.717) is 18.3 Å². The molecular weight excluding hydrogens is 316 g/mol. The molecule has 4 rings (SSSR count). The molecule has 1 atom stereocenters. The third kappa shape index (κ3) is 3.22. The Morgan fingerprint density at radius 3 is 2.96 bits per heavy atom. The molecule has 3 aromatic rings. The Labute approximate surface area is 145 Å². The summed E-state index contributed by atoms with van der Waals surface area (Å²) in [6.45, 7) is 5.40. The quantitative estimate of drug-likeness (QED) is 0.793. The minimum atomic E-state index is -0.0256. The van der Waals surface area contributed by atoms with Gasteiger partial charge in [-0.05, 0) is 56.8 Å². The summed E-state index contributed by atoms with van der Waals surface area (Å²) in [5.74, 6) is 1.31. The highest BCUT2D eigenvalue weighted by Gasteiger charge is 2.29. The summed E-state index contributed by atoms with van der Waals surface area (Å²) >= 11 is 0. The van der Waals surface area contributed by atoms with Gasteiger partial charge in [0.2, 0.25) is 5.89 Å². The fraction of sp³-hybridized carbons (Fsp3) is 0.421. The number of nitrogens with zero attached hydrogens (tertiary/aromatic N) is 3. The summed E-state index contributed by atoms with van der Waals surface area (Å²) in [4.78, 5) is 22.2. The smallest absolute Gasteiger partial charge is 0.252 e. The molecule has 1 aliphatic rings. The highest BCUT2D eigenvalue weighted by Crippen LogP contribution is 2.31. The lowest BCUT2D eigenvalue weighted by Crippen LogP contribution is -2.35. The van der Waals surface area contributed by atoms with Crippen molar-refractivity contribution in [2.24, 2.45) is 0 Å². The van der Waals surface area contributed by atoms with Gasteiger partial charge >= 0.3 is 0 Å². The summed E-state index contributed by atoms with van der Waals surface area (Å²) in [6, 6.07) is 8.16. The van der Waals surface area contributed by atoms with Crippen molar-refractivity contribution in [1.82, 2.24) is 20.0 Å². The molecule has 0 spiro atoms. The lowest BCUT2D eigenvalue weighted by atomic mass is 10.0. The fourth-order valence-electron chi connectivity index (χ4n) is 3.62. The Hall–Kier alpha value is -2.47. The Balaban J connectivity index is 1.66. The molecule has 3 heterocycles. The van der Waals surface area contributed by atoms with Crippen LogP contribution in [-0.2, 0) is 6.54 Å². The molecule has 6 nitrogen and oxygen atoms in total. The topological polar surface area (TPSA) is 75.0 Å². The number of piperidine rings is 1. The number of likely N-dealkylation sites (tertiary alicyclic amines) is 1. The molecule has 0 amide bonds. The van der Waals surface area contributed by atoms with Crippen molar-refractivity contribution in [1.29, 1.82) is 0 Å². The second kappa shape index (κ2) is 6.44. The molecule has 0 bridgehead atoms. The molecule has 130 valence electrons. The lowest BCUT2D eigenvalue weighted by Gasteiger charge is -2.33. The number of rotatable bonds is 3. The number of fused-ring (bicyclic) bond motifs is 1. The number of hydrogen-bond donors (Lipinski definition) is 1. The number of pyridine rings is 1. The van der Waals surface area contributed by atoms with Crippen LogP contribution in [0.1, 0.15) is 48.1 Å². The highest BCUT2D eigenvalue weighted by molar-refractivity contribution is 5.79. The minimum Gasteiger partial charge on any atom is -0.338 e. The summed E-state index contributed by atoms with van der Waals surface area (Å²) in [6.07, 6.45) is 3.23. The van der Waals surface area contributed by atoms with Crippen LogP contribution in [0.4, 0.5) is 0 Å². The molecule has 6 heteroatoms. The van der Waals surface area contributed by atoms with Gasteiger partial charge in [0.1, 0.15) is 0 Å². The third-order valence-electron chi connectivity index (χ3n) is 4.89. The van der Waals surface area contributed by atoms with E-state index in [1.165, 1.54) is 5.56 Å². The average Bonchev–Trinajstić information content (AvgIpc) is 3.03. The number of benzene rings is 1. The zero-order chi connectivity index (χ0) is 17.4. The summed E-state index contributed by atoms with van der Waals surface area (Å²) < 4.78 is 5.40. The van der Waals surface area contributed by atoms with Gasteiger partial charge in [0.15, 0.2) is 5.82 Å². The van der Waals surface area contributed by atoms with E-state index in [4.69, 9.17) is 4.52 Å². The molecule has 0 aliphatic carbocycles. The van der Waals surface area contributed by atoms with Crippen LogP contribution in [0.2, 0.25) is 0 Å². The van der Waals surface area contributed by atoms with Crippen LogP contribution < -0.4 is 5.56 Å². The number of H-pyrrole nitrogens is 1. The Kier molecular flexibility index (Phi) is 4.13. The third-order valence-corrected chi connectivity index (χ3v) is 4.89. The van der Waals surface area contributed by atoms with Crippen LogP contribution in [0, 0.1) is 13.8 Å². The van der Waals surface area contributed by atoms with E-state index in [-0.39, 0.29) is 11.6 Å². The van der Waals surface area contributed by atoms with Gasteiger partial charge in [-0.25, -0.2) is 0 Å². The Morgan fingerprint density at radius 2 is 2.16 bits per heavy atom. The molecule has 0 radical (unpaired) electrons. The van der Waals surface area contributed by atoms with Crippen LogP contribution in [0.15, 0.2) is 33.6 Å². The molecule has 0 saturated carbocycles. The van der Waals surface area contributed by atoms with E-state index in [0.717, 1.165) is 42.3 Å². The number of aryl methyl sites for hydroxylation is 2.